The van der Waals surface area contributed by atoms with Crippen LogP contribution < -0.4 is 15.5 Å². The lowest BCUT2D eigenvalue weighted by atomic mass is 9.84. The SMILES string of the molecule is O=C(O)CCNC(=O)c1ccc(CN(C(=O)NCCc2ccc(Cl)cc2)c2ccc(C3CCCCC3)cc2)cc1. The van der Waals surface area contributed by atoms with Gasteiger partial charge < -0.3 is 15.7 Å². The summed E-state index contributed by atoms with van der Waals surface area (Å²) in [5, 5.41) is 15.1. The molecule has 0 atom stereocenters. The van der Waals surface area contributed by atoms with Crippen molar-refractivity contribution in [2.75, 3.05) is 18.0 Å². The van der Waals surface area contributed by atoms with Crippen LogP contribution in [0.15, 0.2) is 72.8 Å². The lowest BCUT2D eigenvalue weighted by Gasteiger charge is -2.26. The molecule has 0 bridgehead atoms. The van der Waals surface area contributed by atoms with Crippen LogP contribution in [0.1, 0.15) is 71.5 Å². The Morgan fingerprint density at radius 2 is 1.45 bits per heavy atom. The van der Waals surface area contributed by atoms with Crippen molar-refractivity contribution >= 4 is 35.2 Å². The van der Waals surface area contributed by atoms with Crippen molar-refractivity contribution in [3.8, 4) is 0 Å². The number of urea groups is 1. The van der Waals surface area contributed by atoms with E-state index in [2.05, 4.69) is 22.8 Å². The highest BCUT2D eigenvalue weighted by Crippen LogP contribution is 2.33. The second kappa shape index (κ2) is 14.5. The average Bonchev–Trinajstić information content (AvgIpc) is 2.97. The molecule has 0 saturated heterocycles. The molecule has 4 rings (SSSR count). The van der Waals surface area contributed by atoms with Gasteiger partial charge in [0.15, 0.2) is 0 Å². The zero-order valence-corrected chi connectivity index (χ0v) is 23.3. The number of hydrogen-bond donors (Lipinski definition) is 3. The van der Waals surface area contributed by atoms with Gasteiger partial charge in [0, 0.05) is 29.4 Å². The van der Waals surface area contributed by atoms with Crippen molar-refractivity contribution in [3.05, 3.63) is 100 Å². The van der Waals surface area contributed by atoms with Gasteiger partial charge in [0.2, 0.25) is 0 Å². The molecule has 8 heteroatoms. The summed E-state index contributed by atoms with van der Waals surface area (Å²) in [5.41, 5.74) is 4.52. The number of carboxylic acid groups (broad SMARTS) is 1. The molecular formula is C32H36ClN3O4. The van der Waals surface area contributed by atoms with Gasteiger partial charge in [-0.3, -0.25) is 14.5 Å². The third-order valence-corrected chi connectivity index (χ3v) is 7.56. The van der Waals surface area contributed by atoms with Crippen LogP contribution in [0, 0.1) is 0 Å². The molecule has 3 aromatic rings. The van der Waals surface area contributed by atoms with Crippen LogP contribution in [0.3, 0.4) is 0 Å². The largest absolute Gasteiger partial charge is 0.481 e. The van der Waals surface area contributed by atoms with Gasteiger partial charge in [0.05, 0.1) is 13.0 Å². The highest BCUT2D eigenvalue weighted by Gasteiger charge is 2.19. The normalized spacial score (nSPS) is 13.4. The molecule has 0 heterocycles. The number of hydrogen-bond acceptors (Lipinski definition) is 3. The van der Waals surface area contributed by atoms with E-state index < -0.39 is 5.97 Å². The second-order valence-electron chi connectivity index (χ2n) is 10.2. The van der Waals surface area contributed by atoms with Crippen molar-refractivity contribution in [2.24, 2.45) is 0 Å². The maximum atomic E-state index is 13.4. The first-order valence-corrected chi connectivity index (χ1v) is 14.3. The Balaban J connectivity index is 1.44. The van der Waals surface area contributed by atoms with E-state index in [1.807, 2.05) is 48.5 Å². The lowest BCUT2D eigenvalue weighted by molar-refractivity contribution is -0.136. The number of nitrogens with one attached hydrogen (secondary N) is 2. The Hall–Kier alpha value is -3.84. The van der Waals surface area contributed by atoms with E-state index >= 15 is 0 Å². The molecule has 0 unspecified atom stereocenters. The van der Waals surface area contributed by atoms with Gasteiger partial charge in [-0.25, -0.2) is 4.79 Å². The average molecular weight is 562 g/mol. The Kier molecular flexibility index (Phi) is 10.6. The predicted molar refractivity (Wildman–Crippen MR) is 158 cm³/mol. The molecule has 1 saturated carbocycles. The Morgan fingerprint density at radius 3 is 2.10 bits per heavy atom. The van der Waals surface area contributed by atoms with Crippen LogP contribution in [-0.4, -0.2) is 36.1 Å². The number of halogens is 1. The van der Waals surface area contributed by atoms with Crippen molar-refractivity contribution in [1.82, 2.24) is 10.6 Å². The zero-order chi connectivity index (χ0) is 28.3. The Labute approximate surface area is 240 Å². The van der Waals surface area contributed by atoms with E-state index in [1.54, 1.807) is 17.0 Å². The lowest BCUT2D eigenvalue weighted by Crippen LogP contribution is -2.40. The molecule has 3 amide bonds. The Bertz CT molecular complexity index is 1270. The minimum Gasteiger partial charge on any atom is -0.481 e. The number of amides is 3. The summed E-state index contributed by atoms with van der Waals surface area (Å²) >= 11 is 5.98. The first-order valence-electron chi connectivity index (χ1n) is 13.9. The first kappa shape index (κ1) is 29.2. The van der Waals surface area contributed by atoms with E-state index in [4.69, 9.17) is 16.7 Å². The van der Waals surface area contributed by atoms with Crippen LogP contribution in [0.4, 0.5) is 10.5 Å². The number of nitrogens with zero attached hydrogens (tertiary/aromatic N) is 1. The fraction of sp³-hybridized carbons (Fsp3) is 0.344. The smallest absolute Gasteiger partial charge is 0.322 e. The summed E-state index contributed by atoms with van der Waals surface area (Å²) in [6, 6.07) is 22.7. The molecule has 1 aliphatic rings. The summed E-state index contributed by atoms with van der Waals surface area (Å²) in [6.07, 6.45) is 6.81. The van der Waals surface area contributed by atoms with Gasteiger partial charge in [-0.1, -0.05) is 67.3 Å². The monoisotopic (exact) mass is 561 g/mol. The summed E-state index contributed by atoms with van der Waals surface area (Å²) in [6.45, 7) is 0.875. The van der Waals surface area contributed by atoms with Crippen molar-refractivity contribution < 1.29 is 19.5 Å². The Morgan fingerprint density at radius 1 is 0.800 bits per heavy atom. The van der Waals surface area contributed by atoms with E-state index in [-0.39, 0.29) is 24.9 Å². The number of carbonyl (C=O) groups excluding carboxylic acids is 2. The second-order valence-corrected chi connectivity index (χ2v) is 10.7. The van der Waals surface area contributed by atoms with Crippen LogP contribution in [0.5, 0.6) is 0 Å². The number of benzene rings is 3. The molecule has 0 aromatic heterocycles. The molecule has 1 fully saturated rings. The van der Waals surface area contributed by atoms with E-state index in [0.29, 0.717) is 36.0 Å². The molecule has 210 valence electrons. The number of carboxylic acids is 1. The van der Waals surface area contributed by atoms with Crippen molar-refractivity contribution in [1.29, 1.82) is 0 Å². The molecule has 0 spiro atoms. The summed E-state index contributed by atoms with van der Waals surface area (Å²) in [5.74, 6) is -0.713. The minimum absolute atomic E-state index is 0.0662. The minimum atomic E-state index is -0.964. The van der Waals surface area contributed by atoms with E-state index in [9.17, 15) is 14.4 Å². The number of aliphatic carboxylic acids is 1. The van der Waals surface area contributed by atoms with E-state index in [0.717, 1.165) is 16.8 Å². The van der Waals surface area contributed by atoms with Crippen LogP contribution in [0.2, 0.25) is 5.02 Å². The van der Waals surface area contributed by atoms with Gasteiger partial charge in [-0.05, 0) is 78.3 Å². The van der Waals surface area contributed by atoms with E-state index in [1.165, 1.54) is 37.7 Å². The fourth-order valence-electron chi connectivity index (χ4n) is 5.03. The standard InChI is InChI=1S/C32H36ClN3O4/c33-28-14-8-23(9-15-28)18-20-35-32(40)36(29-16-12-26(13-17-29)25-4-2-1-3-5-25)22-24-6-10-27(11-7-24)31(39)34-21-19-30(37)38/h6-17,25H,1-5,18-22H2,(H,34,39)(H,35,40)(H,37,38). The third-order valence-electron chi connectivity index (χ3n) is 7.31. The molecule has 40 heavy (non-hydrogen) atoms. The summed E-state index contributed by atoms with van der Waals surface area (Å²) in [7, 11) is 0. The van der Waals surface area contributed by atoms with Crippen LogP contribution in [-0.2, 0) is 17.8 Å². The molecule has 3 N–H and O–H groups in total. The maximum absolute atomic E-state index is 13.4. The van der Waals surface area contributed by atoms with Gasteiger partial charge >= 0.3 is 12.0 Å². The molecule has 7 nitrogen and oxygen atoms in total. The quantitative estimate of drug-likeness (QED) is 0.247. The fourth-order valence-corrected chi connectivity index (χ4v) is 5.16. The van der Waals surface area contributed by atoms with Crippen molar-refractivity contribution in [2.45, 2.75) is 57.4 Å². The summed E-state index contributed by atoms with van der Waals surface area (Å²) in [4.78, 5) is 38.1. The molecule has 0 radical (unpaired) electrons. The van der Waals surface area contributed by atoms with Crippen LogP contribution in [0.25, 0.3) is 0 Å². The van der Waals surface area contributed by atoms with Gasteiger partial charge in [0.25, 0.3) is 5.91 Å². The third kappa shape index (κ3) is 8.58. The molecule has 0 aliphatic heterocycles. The number of anilines is 1. The first-order chi connectivity index (χ1) is 19.4. The highest BCUT2D eigenvalue weighted by molar-refractivity contribution is 6.30. The van der Waals surface area contributed by atoms with Gasteiger partial charge in [0.1, 0.15) is 0 Å². The van der Waals surface area contributed by atoms with Crippen molar-refractivity contribution in [3.63, 3.8) is 0 Å². The predicted octanol–water partition coefficient (Wildman–Crippen LogP) is 6.55. The number of carbonyl (C=O) groups is 3. The molecule has 3 aromatic carbocycles. The zero-order valence-electron chi connectivity index (χ0n) is 22.6. The number of rotatable bonds is 11. The molecular weight excluding hydrogens is 526 g/mol. The summed E-state index contributed by atoms with van der Waals surface area (Å²) < 4.78 is 0. The maximum Gasteiger partial charge on any atom is 0.322 e. The topological polar surface area (TPSA) is 98.7 Å². The van der Waals surface area contributed by atoms with Gasteiger partial charge in [-0.15, -0.1) is 0 Å². The van der Waals surface area contributed by atoms with Crippen LogP contribution >= 0.6 is 11.6 Å². The molecule has 1 aliphatic carbocycles. The van der Waals surface area contributed by atoms with Gasteiger partial charge in [-0.2, -0.15) is 0 Å². The highest BCUT2D eigenvalue weighted by atomic mass is 35.5.